The zero-order chi connectivity index (χ0) is 27.9. The zero-order valence-electron chi connectivity index (χ0n) is 24.3. The van der Waals surface area contributed by atoms with Crippen molar-refractivity contribution in [1.29, 1.82) is 0 Å². The molecule has 0 spiro atoms. The molecule has 6 heteroatoms. The Morgan fingerprint density at radius 3 is 2.29 bits per heavy atom. The number of pyridine rings is 1. The highest BCUT2D eigenvalue weighted by Crippen LogP contribution is 2.47. The van der Waals surface area contributed by atoms with Gasteiger partial charge in [-0.3, -0.25) is 4.79 Å². The number of carboxylic acids is 1. The first-order chi connectivity index (χ1) is 17.6. The van der Waals surface area contributed by atoms with E-state index in [0.29, 0.717) is 5.92 Å². The SMILES string of the molecule is CC1(C)CC(Oc2ccc3cc(C(=O)NC(C(=O)O)C(C)(C)C)nc(CC4CCCC4)c3c2)CC(C)(C)C1. The molecule has 2 aromatic rings. The average Bonchev–Trinajstić information content (AvgIpc) is 3.27. The van der Waals surface area contributed by atoms with Gasteiger partial charge in [-0.1, -0.05) is 80.2 Å². The van der Waals surface area contributed by atoms with Gasteiger partial charge in [0.1, 0.15) is 17.5 Å². The number of hydrogen-bond donors (Lipinski definition) is 2. The minimum Gasteiger partial charge on any atom is -0.490 e. The molecule has 0 aliphatic heterocycles. The number of rotatable bonds is 7. The lowest BCUT2D eigenvalue weighted by Crippen LogP contribution is -2.49. The monoisotopic (exact) mass is 522 g/mol. The van der Waals surface area contributed by atoms with E-state index in [9.17, 15) is 14.7 Å². The molecule has 2 aliphatic carbocycles. The number of carbonyl (C=O) groups excluding carboxylic acids is 1. The lowest BCUT2D eigenvalue weighted by Gasteiger charge is -2.44. The molecule has 208 valence electrons. The fraction of sp³-hybridized carbons (Fsp3) is 0.656. The molecular weight excluding hydrogens is 476 g/mol. The van der Waals surface area contributed by atoms with Gasteiger partial charge in [0.15, 0.2) is 0 Å². The van der Waals surface area contributed by atoms with Gasteiger partial charge >= 0.3 is 5.97 Å². The summed E-state index contributed by atoms with van der Waals surface area (Å²) in [5.41, 5.74) is 1.02. The molecule has 1 amide bonds. The predicted octanol–water partition coefficient (Wildman–Crippen LogP) is 7.18. The second-order valence-electron chi connectivity index (χ2n) is 14.5. The van der Waals surface area contributed by atoms with E-state index in [2.05, 4.69) is 39.1 Å². The smallest absolute Gasteiger partial charge is 0.326 e. The van der Waals surface area contributed by atoms with Crippen LogP contribution in [0.1, 0.15) is 110 Å². The number of fused-ring (bicyclic) bond motifs is 1. The summed E-state index contributed by atoms with van der Waals surface area (Å²) in [5.74, 6) is -0.0983. The molecule has 2 saturated carbocycles. The fourth-order valence-electron chi connectivity index (χ4n) is 7.00. The molecule has 2 fully saturated rings. The van der Waals surface area contributed by atoms with E-state index in [1.807, 2.05) is 32.9 Å². The van der Waals surface area contributed by atoms with Crippen LogP contribution in [0.3, 0.4) is 0 Å². The van der Waals surface area contributed by atoms with Gasteiger partial charge in [0, 0.05) is 11.1 Å². The van der Waals surface area contributed by atoms with Crippen molar-refractivity contribution in [1.82, 2.24) is 10.3 Å². The van der Waals surface area contributed by atoms with Crippen molar-refractivity contribution >= 4 is 22.6 Å². The highest BCUT2D eigenvalue weighted by molar-refractivity contribution is 5.99. The van der Waals surface area contributed by atoms with Gasteiger partial charge in [0.2, 0.25) is 0 Å². The summed E-state index contributed by atoms with van der Waals surface area (Å²) in [6, 6.07) is 6.87. The number of nitrogens with one attached hydrogen (secondary N) is 1. The highest BCUT2D eigenvalue weighted by Gasteiger charge is 2.39. The number of carboxylic acid groups (broad SMARTS) is 1. The van der Waals surface area contributed by atoms with E-state index in [4.69, 9.17) is 9.72 Å². The summed E-state index contributed by atoms with van der Waals surface area (Å²) < 4.78 is 6.58. The lowest BCUT2D eigenvalue weighted by molar-refractivity contribution is -0.142. The third-order valence-electron chi connectivity index (χ3n) is 8.28. The number of hydrogen-bond acceptors (Lipinski definition) is 4. The molecule has 0 radical (unpaired) electrons. The Bertz CT molecular complexity index is 1170. The number of amides is 1. The largest absolute Gasteiger partial charge is 0.490 e. The van der Waals surface area contributed by atoms with Crippen molar-refractivity contribution in [2.24, 2.45) is 22.2 Å². The highest BCUT2D eigenvalue weighted by atomic mass is 16.5. The van der Waals surface area contributed by atoms with Crippen LogP contribution in [0.2, 0.25) is 0 Å². The summed E-state index contributed by atoms with van der Waals surface area (Å²) in [5, 5.41) is 14.4. The van der Waals surface area contributed by atoms with Crippen LogP contribution in [-0.4, -0.2) is 34.1 Å². The number of aliphatic carboxylic acids is 1. The maximum absolute atomic E-state index is 13.2. The molecule has 1 unspecified atom stereocenters. The summed E-state index contributed by atoms with van der Waals surface area (Å²) in [6.45, 7) is 14.7. The van der Waals surface area contributed by atoms with Gasteiger partial charge in [-0.05, 0) is 71.4 Å². The predicted molar refractivity (Wildman–Crippen MR) is 152 cm³/mol. The van der Waals surface area contributed by atoms with Crippen molar-refractivity contribution in [2.75, 3.05) is 0 Å². The third kappa shape index (κ3) is 6.86. The van der Waals surface area contributed by atoms with Crippen LogP contribution >= 0.6 is 0 Å². The van der Waals surface area contributed by atoms with Crippen LogP contribution in [-0.2, 0) is 11.2 Å². The molecule has 6 nitrogen and oxygen atoms in total. The van der Waals surface area contributed by atoms with E-state index in [1.54, 1.807) is 6.07 Å². The van der Waals surface area contributed by atoms with E-state index < -0.39 is 23.3 Å². The van der Waals surface area contributed by atoms with Crippen molar-refractivity contribution in [3.05, 3.63) is 35.7 Å². The maximum atomic E-state index is 13.2. The second kappa shape index (κ2) is 10.5. The summed E-state index contributed by atoms with van der Waals surface area (Å²) in [4.78, 5) is 29.9. The van der Waals surface area contributed by atoms with Gasteiger partial charge in [-0.25, -0.2) is 9.78 Å². The number of benzene rings is 1. The Hall–Kier alpha value is -2.63. The number of ether oxygens (including phenoxy) is 1. The quantitative estimate of drug-likeness (QED) is 0.402. The summed E-state index contributed by atoms with van der Waals surface area (Å²) in [7, 11) is 0. The minimum atomic E-state index is -1.05. The Morgan fingerprint density at radius 1 is 1.08 bits per heavy atom. The van der Waals surface area contributed by atoms with Crippen LogP contribution in [0.25, 0.3) is 10.8 Å². The first-order valence-corrected chi connectivity index (χ1v) is 14.3. The Balaban J connectivity index is 1.66. The Kier molecular flexibility index (Phi) is 7.84. The standard InChI is InChI=1S/C32H46N2O4/c1-30(2,3)27(29(36)37)34-28(35)26-15-21-12-13-22(38-23-17-31(4,5)19-32(6,7)18-23)16-24(21)25(33-26)14-20-10-8-9-11-20/h12-13,15-16,20,23,27H,8-11,14,17-19H2,1-7H3,(H,34,35)(H,36,37). The molecule has 4 rings (SSSR count). The molecule has 1 heterocycles. The average molecular weight is 523 g/mol. The Labute approximate surface area is 227 Å². The molecule has 1 aromatic carbocycles. The summed E-state index contributed by atoms with van der Waals surface area (Å²) >= 11 is 0. The molecule has 38 heavy (non-hydrogen) atoms. The number of aromatic nitrogens is 1. The fourth-order valence-corrected chi connectivity index (χ4v) is 7.00. The Morgan fingerprint density at radius 2 is 1.71 bits per heavy atom. The van der Waals surface area contributed by atoms with Crippen LogP contribution in [0.15, 0.2) is 24.3 Å². The van der Waals surface area contributed by atoms with Gasteiger partial charge < -0.3 is 15.2 Å². The van der Waals surface area contributed by atoms with E-state index >= 15 is 0 Å². The van der Waals surface area contributed by atoms with Gasteiger partial charge in [-0.2, -0.15) is 0 Å². The molecule has 0 bridgehead atoms. The maximum Gasteiger partial charge on any atom is 0.326 e. The second-order valence-corrected chi connectivity index (χ2v) is 14.5. The first kappa shape index (κ1) is 28.4. The zero-order valence-corrected chi connectivity index (χ0v) is 24.3. The van der Waals surface area contributed by atoms with Crippen LogP contribution in [0.4, 0.5) is 0 Å². The number of carbonyl (C=O) groups is 2. The third-order valence-corrected chi connectivity index (χ3v) is 8.28. The van der Waals surface area contributed by atoms with Crippen molar-refractivity contribution in [3.63, 3.8) is 0 Å². The number of nitrogens with zero attached hydrogens (tertiary/aromatic N) is 1. The first-order valence-electron chi connectivity index (χ1n) is 14.3. The van der Waals surface area contributed by atoms with Crippen LogP contribution in [0.5, 0.6) is 5.75 Å². The van der Waals surface area contributed by atoms with E-state index in [0.717, 1.165) is 41.5 Å². The van der Waals surface area contributed by atoms with Crippen molar-refractivity contribution in [3.8, 4) is 5.75 Å². The molecule has 2 aliphatic rings. The van der Waals surface area contributed by atoms with Gasteiger partial charge in [0.05, 0.1) is 6.10 Å². The lowest BCUT2D eigenvalue weighted by atomic mass is 9.64. The summed E-state index contributed by atoms with van der Waals surface area (Å²) in [6.07, 6.45) is 9.03. The molecule has 0 saturated heterocycles. The van der Waals surface area contributed by atoms with Crippen LogP contribution in [0, 0.1) is 22.2 Å². The topological polar surface area (TPSA) is 88.5 Å². The van der Waals surface area contributed by atoms with E-state index in [1.165, 1.54) is 32.1 Å². The molecule has 1 atom stereocenters. The van der Waals surface area contributed by atoms with Crippen molar-refractivity contribution in [2.45, 2.75) is 112 Å². The molecule has 2 N–H and O–H groups in total. The molecule has 1 aromatic heterocycles. The molecular formula is C32H46N2O4. The van der Waals surface area contributed by atoms with Gasteiger partial charge in [0.25, 0.3) is 5.91 Å². The van der Waals surface area contributed by atoms with Crippen LogP contribution < -0.4 is 10.1 Å². The minimum absolute atomic E-state index is 0.160. The van der Waals surface area contributed by atoms with Crippen molar-refractivity contribution < 1.29 is 19.4 Å². The van der Waals surface area contributed by atoms with E-state index in [-0.39, 0.29) is 22.6 Å². The van der Waals surface area contributed by atoms with Gasteiger partial charge in [-0.15, -0.1) is 0 Å². The normalized spacial score (nSPS) is 20.8.